The van der Waals surface area contributed by atoms with Gasteiger partial charge < -0.3 is 19.5 Å². The Morgan fingerprint density at radius 1 is 1.20 bits per heavy atom. The van der Waals surface area contributed by atoms with E-state index in [1.807, 2.05) is 26.0 Å². The van der Waals surface area contributed by atoms with Crippen LogP contribution in [0.3, 0.4) is 0 Å². The Bertz CT molecular complexity index is 410. The molecule has 0 saturated carbocycles. The van der Waals surface area contributed by atoms with Gasteiger partial charge in [0, 0.05) is 13.2 Å². The minimum Gasteiger partial charge on any atom is -0.493 e. The van der Waals surface area contributed by atoms with Gasteiger partial charge in [0.1, 0.15) is 0 Å². The van der Waals surface area contributed by atoms with Crippen LogP contribution in [-0.2, 0) is 11.3 Å². The van der Waals surface area contributed by atoms with Gasteiger partial charge in [-0.25, -0.2) is 0 Å². The molecule has 0 saturated heterocycles. The van der Waals surface area contributed by atoms with Crippen molar-refractivity contribution < 1.29 is 14.2 Å². The third kappa shape index (κ3) is 5.57. The Morgan fingerprint density at radius 2 is 1.95 bits per heavy atom. The molecular formula is C15H24ClNO3. The normalized spacial score (nSPS) is 10.9. The van der Waals surface area contributed by atoms with Crippen LogP contribution < -0.4 is 14.8 Å². The van der Waals surface area contributed by atoms with Crippen LogP contribution in [0.25, 0.3) is 0 Å². The van der Waals surface area contributed by atoms with E-state index < -0.39 is 0 Å². The third-order valence-electron chi connectivity index (χ3n) is 2.77. The fourth-order valence-corrected chi connectivity index (χ4v) is 2.13. The van der Waals surface area contributed by atoms with Crippen molar-refractivity contribution in [2.24, 2.45) is 0 Å². The van der Waals surface area contributed by atoms with E-state index in [9.17, 15) is 0 Å². The van der Waals surface area contributed by atoms with E-state index in [2.05, 4.69) is 5.32 Å². The van der Waals surface area contributed by atoms with Crippen LogP contribution in [0.2, 0.25) is 5.02 Å². The summed E-state index contributed by atoms with van der Waals surface area (Å²) in [6.07, 6.45) is 1.28. The lowest BCUT2D eigenvalue weighted by Gasteiger charge is -2.12. The number of ether oxygens (including phenoxy) is 3. The highest BCUT2D eigenvalue weighted by Gasteiger charge is 2.10. The van der Waals surface area contributed by atoms with Gasteiger partial charge in [0.05, 0.1) is 25.3 Å². The SMILES string of the molecule is COc1cc(CNCCCOC(C)C)cc(Cl)c1OC. The summed E-state index contributed by atoms with van der Waals surface area (Å²) in [5.41, 5.74) is 1.07. The Labute approximate surface area is 126 Å². The van der Waals surface area contributed by atoms with Crippen molar-refractivity contribution in [1.29, 1.82) is 0 Å². The van der Waals surface area contributed by atoms with Crippen molar-refractivity contribution in [2.45, 2.75) is 32.9 Å². The molecule has 5 heteroatoms. The molecule has 0 amide bonds. The van der Waals surface area contributed by atoms with Gasteiger partial charge in [-0.15, -0.1) is 0 Å². The maximum absolute atomic E-state index is 6.16. The van der Waals surface area contributed by atoms with Crippen LogP contribution in [0.1, 0.15) is 25.8 Å². The largest absolute Gasteiger partial charge is 0.493 e. The number of rotatable bonds is 9. The zero-order valence-corrected chi connectivity index (χ0v) is 13.4. The van der Waals surface area contributed by atoms with Gasteiger partial charge in [0.15, 0.2) is 11.5 Å². The van der Waals surface area contributed by atoms with Crippen LogP contribution in [0, 0.1) is 0 Å². The highest BCUT2D eigenvalue weighted by molar-refractivity contribution is 6.32. The molecule has 0 aliphatic heterocycles. The van der Waals surface area contributed by atoms with E-state index in [4.69, 9.17) is 25.8 Å². The molecule has 0 heterocycles. The van der Waals surface area contributed by atoms with Crippen LogP contribution >= 0.6 is 11.6 Å². The average molecular weight is 302 g/mol. The fourth-order valence-electron chi connectivity index (χ4n) is 1.82. The quantitative estimate of drug-likeness (QED) is 0.711. The first-order valence-electron chi connectivity index (χ1n) is 6.81. The second-order valence-corrected chi connectivity index (χ2v) is 5.17. The summed E-state index contributed by atoms with van der Waals surface area (Å²) >= 11 is 6.16. The zero-order chi connectivity index (χ0) is 15.0. The van der Waals surface area contributed by atoms with E-state index in [0.29, 0.717) is 22.6 Å². The molecule has 0 fully saturated rings. The van der Waals surface area contributed by atoms with Crippen LogP contribution in [0.5, 0.6) is 11.5 Å². The summed E-state index contributed by atoms with van der Waals surface area (Å²) in [7, 11) is 3.19. The van der Waals surface area contributed by atoms with Crippen molar-refractivity contribution in [1.82, 2.24) is 5.32 Å². The van der Waals surface area contributed by atoms with E-state index in [0.717, 1.165) is 31.7 Å². The van der Waals surface area contributed by atoms with Gasteiger partial charge >= 0.3 is 0 Å². The fraction of sp³-hybridized carbons (Fsp3) is 0.600. The third-order valence-corrected chi connectivity index (χ3v) is 3.05. The Balaban J connectivity index is 2.42. The topological polar surface area (TPSA) is 39.7 Å². The molecule has 0 aromatic heterocycles. The summed E-state index contributed by atoms with van der Waals surface area (Å²) in [5.74, 6) is 1.23. The van der Waals surface area contributed by atoms with Crippen molar-refractivity contribution >= 4 is 11.6 Å². The van der Waals surface area contributed by atoms with Gasteiger partial charge in [-0.1, -0.05) is 11.6 Å². The van der Waals surface area contributed by atoms with Gasteiger partial charge in [0.2, 0.25) is 0 Å². The Hall–Kier alpha value is -0.970. The molecule has 1 N–H and O–H groups in total. The molecular weight excluding hydrogens is 278 g/mol. The minimum absolute atomic E-state index is 0.291. The number of hydrogen-bond donors (Lipinski definition) is 1. The van der Waals surface area contributed by atoms with Gasteiger partial charge in [-0.3, -0.25) is 0 Å². The second-order valence-electron chi connectivity index (χ2n) is 4.76. The Morgan fingerprint density at radius 3 is 2.55 bits per heavy atom. The first-order valence-corrected chi connectivity index (χ1v) is 7.19. The van der Waals surface area contributed by atoms with Crippen LogP contribution in [0.4, 0.5) is 0 Å². The maximum Gasteiger partial charge on any atom is 0.179 e. The van der Waals surface area contributed by atoms with E-state index >= 15 is 0 Å². The second kappa shape index (κ2) is 9.06. The lowest BCUT2D eigenvalue weighted by molar-refractivity contribution is 0.0770. The van der Waals surface area contributed by atoms with E-state index in [-0.39, 0.29) is 0 Å². The number of halogens is 1. The van der Waals surface area contributed by atoms with E-state index in [1.165, 1.54) is 0 Å². The number of hydrogen-bond acceptors (Lipinski definition) is 4. The number of methoxy groups -OCH3 is 2. The standard InChI is InChI=1S/C15H24ClNO3/c1-11(2)20-7-5-6-17-10-12-8-13(16)15(19-4)14(9-12)18-3/h8-9,11,17H,5-7,10H2,1-4H3. The molecule has 0 aliphatic rings. The number of benzene rings is 1. The molecule has 1 aromatic rings. The highest BCUT2D eigenvalue weighted by atomic mass is 35.5. The summed E-state index contributed by atoms with van der Waals surface area (Å²) < 4.78 is 16.0. The maximum atomic E-state index is 6.16. The lowest BCUT2D eigenvalue weighted by Crippen LogP contribution is -2.17. The molecule has 114 valence electrons. The smallest absolute Gasteiger partial charge is 0.179 e. The van der Waals surface area contributed by atoms with Crippen molar-refractivity contribution in [3.8, 4) is 11.5 Å². The molecule has 0 aliphatic carbocycles. The predicted molar refractivity (Wildman–Crippen MR) is 82.0 cm³/mol. The van der Waals surface area contributed by atoms with Gasteiger partial charge in [-0.05, 0) is 44.5 Å². The van der Waals surface area contributed by atoms with E-state index in [1.54, 1.807) is 14.2 Å². The molecule has 0 radical (unpaired) electrons. The average Bonchev–Trinajstić information content (AvgIpc) is 2.41. The Kier molecular flexibility index (Phi) is 7.73. The first-order chi connectivity index (χ1) is 9.58. The molecule has 0 atom stereocenters. The summed E-state index contributed by atoms with van der Waals surface area (Å²) in [5, 5.41) is 3.92. The molecule has 0 spiro atoms. The van der Waals surface area contributed by atoms with Crippen molar-refractivity contribution in [3.63, 3.8) is 0 Å². The van der Waals surface area contributed by atoms with Crippen molar-refractivity contribution in [3.05, 3.63) is 22.7 Å². The van der Waals surface area contributed by atoms with Crippen molar-refractivity contribution in [2.75, 3.05) is 27.4 Å². The summed E-state index contributed by atoms with van der Waals surface area (Å²) in [4.78, 5) is 0. The molecule has 4 nitrogen and oxygen atoms in total. The highest BCUT2D eigenvalue weighted by Crippen LogP contribution is 2.35. The molecule has 20 heavy (non-hydrogen) atoms. The molecule has 0 bridgehead atoms. The predicted octanol–water partition coefficient (Wildman–Crippen LogP) is 3.26. The summed E-state index contributed by atoms with van der Waals surface area (Å²) in [6.45, 7) is 6.50. The summed E-state index contributed by atoms with van der Waals surface area (Å²) in [6, 6.07) is 3.82. The first kappa shape index (κ1) is 17.1. The molecule has 0 unspecified atom stereocenters. The van der Waals surface area contributed by atoms with Crippen LogP contribution in [0.15, 0.2) is 12.1 Å². The molecule has 1 rings (SSSR count). The van der Waals surface area contributed by atoms with Gasteiger partial charge in [-0.2, -0.15) is 0 Å². The monoisotopic (exact) mass is 301 g/mol. The van der Waals surface area contributed by atoms with Crippen LogP contribution in [-0.4, -0.2) is 33.5 Å². The number of nitrogens with one attached hydrogen (secondary N) is 1. The van der Waals surface area contributed by atoms with Gasteiger partial charge in [0.25, 0.3) is 0 Å². The minimum atomic E-state index is 0.291. The molecule has 1 aromatic carbocycles. The zero-order valence-electron chi connectivity index (χ0n) is 12.7. The lowest BCUT2D eigenvalue weighted by atomic mass is 10.2.